The minimum Gasteiger partial charge on any atom is -0.316 e. The highest BCUT2D eigenvalue weighted by Gasteiger charge is 2.17. The van der Waals surface area contributed by atoms with Crippen molar-refractivity contribution in [2.45, 2.75) is 19.9 Å². The topological polar surface area (TPSA) is 55.5 Å². The maximum absolute atomic E-state index is 10.9. The molecule has 0 radical (unpaired) electrons. The summed E-state index contributed by atoms with van der Waals surface area (Å²) < 4.78 is 0. The van der Waals surface area contributed by atoms with Gasteiger partial charge in [0.1, 0.15) is 6.04 Å². The Labute approximate surface area is 59.6 Å². The van der Waals surface area contributed by atoms with Crippen LogP contribution >= 0.6 is 0 Å². The Morgan fingerprint density at radius 3 is 2.70 bits per heavy atom. The highest BCUT2D eigenvalue weighted by Crippen LogP contribution is 2.06. The second-order valence-electron chi connectivity index (χ2n) is 2.46. The molecule has 3 nitrogen and oxygen atoms in total. The van der Waals surface area contributed by atoms with Crippen molar-refractivity contribution in [1.82, 2.24) is 0 Å². The first-order valence-electron chi connectivity index (χ1n) is 3.14. The van der Waals surface area contributed by atoms with Crippen LogP contribution in [0.3, 0.4) is 0 Å². The van der Waals surface area contributed by atoms with Gasteiger partial charge in [0.05, 0.1) is 0 Å². The van der Waals surface area contributed by atoms with Crippen LogP contribution in [0.5, 0.6) is 0 Å². The van der Waals surface area contributed by atoms with E-state index in [0.717, 1.165) is 11.3 Å². The molecule has 0 aliphatic carbocycles. The fourth-order valence-electron chi connectivity index (χ4n) is 0.890. The molecule has 0 saturated heterocycles. The number of allylic oxidation sites excluding steroid dienone is 1. The number of nitrogens with two attached hydrogens (primary N) is 1. The fraction of sp³-hybridized carbons (Fsp3) is 0.429. The summed E-state index contributed by atoms with van der Waals surface area (Å²) in [6.45, 7) is 3.62. The molecular weight excluding hydrogens is 128 g/mol. The fourth-order valence-corrected chi connectivity index (χ4v) is 0.890. The minimum atomic E-state index is -0.510. The van der Waals surface area contributed by atoms with Gasteiger partial charge in [0, 0.05) is 5.71 Å². The SMILES string of the molecule is CC1=CC(C)=NC(=O)[C@H]1N. The van der Waals surface area contributed by atoms with Crippen molar-refractivity contribution in [3.05, 3.63) is 11.6 Å². The highest BCUT2D eigenvalue weighted by molar-refractivity contribution is 6.06. The average Bonchev–Trinajstić information content (AvgIpc) is 1.82. The molecule has 0 spiro atoms. The molecular formula is C7H10N2O. The van der Waals surface area contributed by atoms with Crippen LogP contribution in [-0.2, 0) is 4.79 Å². The van der Waals surface area contributed by atoms with Crippen LogP contribution in [0.1, 0.15) is 13.8 Å². The molecule has 0 aromatic rings. The standard InChI is InChI=1S/C7H10N2O/c1-4-3-5(2)9-7(10)6(4)8/h3,6H,8H2,1-2H3/t6-/m0/s1. The molecule has 3 heteroatoms. The number of amides is 1. The lowest BCUT2D eigenvalue weighted by Gasteiger charge is -2.12. The molecule has 1 aliphatic heterocycles. The zero-order valence-corrected chi connectivity index (χ0v) is 6.09. The van der Waals surface area contributed by atoms with Gasteiger partial charge in [-0.2, -0.15) is 0 Å². The minimum absolute atomic E-state index is 0.238. The molecule has 0 aromatic heterocycles. The Morgan fingerprint density at radius 2 is 2.20 bits per heavy atom. The molecule has 1 atom stereocenters. The van der Waals surface area contributed by atoms with Crippen molar-refractivity contribution < 1.29 is 4.79 Å². The molecule has 2 N–H and O–H groups in total. The van der Waals surface area contributed by atoms with Gasteiger partial charge >= 0.3 is 0 Å². The maximum Gasteiger partial charge on any atom is 0.267 e. The van der Waals surface area contributed by atoms with Crippen LogP contribution in [0.4, 0.5) is 0 Å². The van der Waals surface area contributed by atoms with E-state index in [0.29, 0.717) is 0 Å². The van der Waals surface area contributed by atoms with Gasteiger partial charge in [-0.25, -0.2) is 4.99 Å². The summed E-state index contributed by atoms with van der Waals surface area (Å²) in [4.78, 5) is 14.6. The normalized spacial score (nSPS) is 25.9. The van der Waals surface area contributed by atoms with Crippen LogP contribution in [-0.4, -0.2) is 17.7 Å². The molecule has 0 unspecified atom stereocenters. The van der Waals surface area contributed by atoms with E-state index in [4.69, 9.17) is 5.73 Å². The van der Waals surface area contributed by atoms with Crippen molar-refractivity contribution in [1.29, 1.82) is 0 Å². The van der Waals surface area contributed by atoms with Crippen molar-refractivity contribution in [3.8, 4) is 0 Å². The number of hydrogen-bond acceptors (Lipinski definition) is 2. The number of hydrogen-bond donors (Lipinski definition) is 1. The van der Waals surface area contributed by atoms with Gasteiger partial charge in [-0.3, -0.25) is 4.79 Å². The van der Waals surface area contributed by atoms with Crippen LogP contribution in [0.15, 0.2) is 16.6 Å². The number of nitrogens with zero attached hydrogens (tertiary/aromatic N) is 1. The summed E-state index contributed by atoms with van der Waals surface area (Å²) in [6, 6.07) is -0.510. The van der Waals surface area contributed by atoms with Gasteiger partial charge in [0.2, 0.25) is 0 Å². The predicted octanol–water partition coefficient (Wildman–Crippen LogP) is 0.261. The second-order valence-corrected chi connectivity index (χ2v) is 2.46. The van der Waals surface area contributed by atoms with Gasteiger partial charge in [0.25, 0.3) is 5.91 Å². The Kier molecular flexibility index (Phi) is 1.68. The summed E-state index contributed by atoms with van der Waals surface area (Å²) in [6.07, 6.45) is 1.83. The molecule has 0 saturated carbocycles. The summed E-state index contributed by atoms with van der Waals surface area (Å²) in [5, 5.41) is 0. The Balaban J connectivity index is 2.95. The lowest BCUT2D eigenvalue weighted by atomic mass is 10.1. The van der Waals surface area contributed by atoms with Crippen molar-refractivity contribution in [2.75, 3.05) is 0 Å². The van der Waals surface area contributed by atoms with E-state index in [1.165, 1.54) is 0 Å². The third kappa shape index (κ3) is 1.14. The number of carbonyl (C=O) groups is 1. The van der Waals surface area contributed by atoms with Crippen molar-refractivity contribution in [3.63, 3.8) is 0 Å². The third-order valence-corrected chi connectivity index (χ3v) is 1.48. The number of carbonyl (C=O) groups excluding carboxylic acids is 1. The van der Waals surface area contributed by atoms with Crippen molar-refractivity contribution in [2.24, 2.45) is 10.7 Å². The first kappa shape index (κ1) is 7.15. The second kappa shape index (κ2) is 2.34. The van der Waals surface area contributed by atoms with Crippen LogP contribution < -0.4 is 5.73 Å². The van der Waals surface area contributed by atoms with E-state index in [1.54, 1.807) is 6.92 Å². The van der Waals surface area contributed by atoms with Crippen LogP contribution in [0.2, 0.25) is 0 Å². The maximum atomic E-state index is 10.9. The summed E-state index contributed by atoms with van der Waals surface area (Å²) in [5.74, 6) is -0.238. The predicted molar refractivity (Wildman–Crippen MR) is 39.8 cm³/mol. The molecule has 1 heterocycles. The summed E-state index contributed by atoms with van der Waals surface area (Å²) >= 11 is 0. The zero-order chi connectivity index (χ0) is 7.72. The van der Waals surface area contributed by atoms with Crippen LogP contribution in [0, 0.1) is 0 Å². The highest BCUT2D eigenvalue weighted by atomic mass is 16.1. The molecule has 0 aromatic carbocycles. The Bertz CT molecular complexity index is 228. The largest absolute Gasteiger partial charge is 0.316 e. The molecule has 0 bridgehead atoms. The quantitative estimate of drug-likeness (QED) is 0.522. The lowest BCUT2D eigenvalue weighted by Crippen LogP contribution is -2.33. The van der Waals surface area contributed by atoms with Gasteiger partial charge in [-0.15, -0.1) is 0 Å². The van der Waals surface area contributed by atoms with Gasteiger partial charge < -0.3 is 5.73 Å². The first-order chi connectivity index (χ1) is 4.61. The van der Waals surface area contributed by atoms with E-state index in [2.05, 4.69) is 4.99 Å². The van der Waals surface area contributed by atoms with E-state index < -0.39 is 6.04 Å². The molecule has 54 valence electrons. The monoisotopic (exact) mass is 138 g/mol. The van der Waals surface area contributed by atoms with Gasteiger partial charge in [-0.05, 0) is 25.5 Å². The lowest BCUT2D eigenvalue weighted by molar-refractivity contribution is -0.118. The molecule has 1 amide bonds. The smallest absolute Gasteiger partial charge is 0.267 e. The number of rotatable bonds is 0. The van der Waals surface area contributed by atoms with E-state index in [9.17, 15) is 4.79 Å². The molecule has 0 fully saturated rings. The Hall–Kier alpha value is -0.960. The van der Waals surface area contributed by atoms with E-state index >= 15 is 0 Å². The van der Waals surface area contributed by atoms with Crippen molar-refractivity contribution >= 4 is 11.6 Å². The van der Waals surface area contributed by atoms with Crippen LogP contribution in [0.25, 0.3) is 0 Å². The molecule has 1 rings (SSSR count). The average molecular weight is 138 g/mol. The molecule has 10 heavy (non-hydrogen) atoms. The van der Waals surface area contributed by atoms with Gasteiger partial charge in [-0.1, -0.05) is 0 Å². The Morgan fingerprint density at radius 1 is 1.60 bits per heavy atom. The van der Waals surface area contributed by atoms with Gasteiger partial charge in [0.15, 0.2) is 0 Å². The summed E-state index contributed by atoms with van der Waals surface area (Å²) in [5.41, 5.74) is 7.09. The first-order valence-corrected chi connectivity index (χ1v) is 3.14. The zero-order valence-electron chi connectivity index (χ0n) is 6.09. The third-order valence-electron chi connectivity index (χ3n) is 1.48. The van der Waals surface area contributed by atoms with E-state index in [1.807, 2.05) is 13.0 Å². The number of dihydropyridines is 1. The summed E-state index contributed by atoms with van der Waals surface area (Å²) in [7, 11) is 0. The van der Waals surface area contributed by atoms with E-state index in [-0.39, 0.29) is 5.91 Å². The molecule has 1 aliphatic rings. The number of aliphatic imine (C=N–C) groups is 1.